The number of imide groups is 1. The van der Waals surface area contributed by atoms with E-state index >= 15 is 0 Å². The van der Waals surface area contributed by atoms with Crippen LogP contribution < -0.4 is 5.32 Å². The zero-order valence-corrected chi connectivity index (χ0v) is 21.0. The molecule has 168 valence electrons. The van der Waals surface area contributed by atoms with Crippen LogP contribution in [0.1, 0.15) is 33.2 Å². The molecule has 3 amide bonds. The second-order valence-corrected chi connectivity index (χ2v) is 9.15. The lowest BCUT2D eigenvalue weighted by Gasteiger charge is -2.20. The molecule has 3 rings (SSSR count). The quantitative estimate of drug-likeness (QED) is 0.216. The highest BCUT2D eigenvalue weighted by Gasteiger charge is 2.45. The number of esters is 1. The van der Waals surface area contributed by atoms with Crippen LogP contribution in [0.2, 0.25) is 20.1 Å². The van der Waals surface area contributed by atoms with Crippen LogP contribution in [0, 0.1) is 6.92 Å². The SMILES string of the molecule is Cc1cc(NC(=O)COC(=O)[C@H](C)N2C(=O)c3c(Cl)c(Cl)c(Cl)c(Cl)c3C2=O)ccc1Br. The van der Waals surface area contributed by atoms with Crippen molar-refractivity contribution in [2.45, 2.75) is 19.9 Å². The fraction of sp³-hybridized carbons (Fsp3) is 0.200. The van der Waals surface area contributed by atoms with Gasteiger partial charge in [-0.2, -0.15) is 0 Å². The number of carbonyl (C=O) groups excluding carboxylic acids is 4. The van der Waals surface area contributed by atoms with E-state index in [-0.39, 0.29) is 31.2 Å². The van der Waals surface area contributed by atoms with E-state index in [1.54, 1.807) is 18.2 Å². The number of hydrogen-bond donors (Lipinski definition) is 1. The van der Waals surface area contributed by atoms with E-state index in [0.29, 0.717) is 10.6 Å². The summed E-state index contributed by atoms with van der Waals surface area (Å²) in [4.78, 5) is 50.8. The summed E-state index contributed by atoms with van der Waals surface area (Å²) in [7, 11) is 0. The van der Waals surface area contributed by atoms with Crippen LogP contribution in [0.15, 0.2) is 22.7 Å². The zero-order valence-electron chi connectivity index (χ0n) is 16.4. The number of rotatable bonds is 5. The number of nitrogens with zero attached hydrogens (tertiary/aromatic N) is 1. The Bertz CT molecular complexity index is 1140. The molecule has 0 bridgehead atoms. The molecule has 32 heavy (non-hydrogen) atoms. The highest BCUT2D eigenvalue weighted by molar-refractivity contribution is 9.10. The fourth-order valence-corrected chi connectivity index (χ4v) is 4.26. The number of fused-ring (bicyclic) bond motifs is 1. The first-order valence-electron chi connectivity index (χ1n) is 8.92. The number of nitrogens with one attached hydrogen (secondary N) is 1. The summed E-state index contributed by atoms with van der Waals surface area (Å²) in [6.45, 7) is 2.49. The number of halogens is 5. The van der Waals surface area contributed by atoms with Crippen molar-refractivity contribution in [1.29, 1.82) is 0 Å². The van der Waals surface area contributed by atoms with E-state index in [2.05, 4.69) is 21.2 Å². The van der Waals surface area contributed by atoms with E-state index in [0.717, 1.165) is 10.0 Å². The molecule has 0 radical (unpaired) electrons. The molecule has 0 fully saturated rings. The number of anilines is 1. The van der Waals surface area contributed by atoms with Gasteiger partial charge in [0, 0.05) is 10.2 Å². The number of amides is 3. The van der Waals surface area contributed by atoms with Gasteiger partial charge in [0.05, 0.1) is 31.2 Å². The van der Waals surface area contributed by atoms with Gasteiger partial charge in [0.1, 0.15) is 6.04 Å². The Balaban J connectivity index is 1.70. The molecule has 1 aliphatic rings. The van der Waals surface area contributed by atoms with Crippen LogP contribution in [-0.4, -0.2) is 41.2 Å². The minimum atomic E-state index is -1.37. The summed E-state index contributed by atoms with van der Waals surface area (Å²) < 4.78 is 5.86. The maximum Gasteiger partial charge on any atom is 0.329 e. The first-order valence-corrected chi connectivity index (χ1v) is 11.2. The third-order valence-corrected chi connectivity index (χ3v) is 7.34. The number of hydrogen-bond acceptors (Lipinski definition) is 5. The van der Waals surface area contributed by atoms with Crippen molar-refractivity contribution in [3.8, 4) is 0 Å². The van der Waals surface area contributed by atoms with Crippen molar-refractivity contribution in [3.63, 3.8) is 0 Å². The summed E-state index contributed by atoms with van der Waals surface area (Å²) in [5.74, 6) is -3.34. The number of benzene rings is 2. The first-order chi connectivity index (χ1) is 15.0. The predicted octanol–water partition coefficient (Wildman–Crippen LogP) is 5.54. The lowest BCUT2D eigenvalue weighted by molar-refractivity contribution is -0.150. The smallest absolute Gasteiger partial charge is 0.329 e. The molecule has 0 saturated heterocycles. The van der Waals surface area contributed by atoms with Crippen molar-refractivity contribution in [2.24, 2.45) is 0 Å². The summed E-state index contributed by atoms with van der Waals surface area (Å²) >= 11 is 27.5. The van der Waals surface area contributed by atoms with Crippen LogP contribution in [-0.2, 0) is 14.3 Å². The Morgan fingerprint density at radius 2 is 1.56 bits per heavy atom. The zero-order chi connectivity index (χ0) is 23.9. The number of ether oxygens (including phenoxy) is 1. The van der Waals surface area contributed by atoms with Gasteiger partial charge in [-0.1, -0.05) is 62.3 Å². The largest absolute Gasteiger partial charge is 0.454 e. The minimum Gasteiger partial charge on any atom is -0.454 e. The standard InChI is InChI=1S/C20H13BrCl4N2O5/c1-7-5-9(3-4-10(7)21)26-11(28)6-32-20(31)8(2)27-18(29)12-13(19(27)30)15(23)17(25)16(24)14(12)22/h3-5,8H,6H2,1-2H3,(H,26,28)/t8-/m0/s1. The maximum atomic E-state index is 12.8. The van der Waals surface area contributed by atoms with Crippen molar-refractivity contribution >= 4 is 91.7 Å². The molecule has 0 spiro atoms. The summed E-state index contributed by atoms with van der Waals surface area (Å²) in [6.07, 6.45) is 0. The van der Waals surface area contributed by atoms with Gasteiger partial charge >= 0.3 is 5.97 Å². The monoisotopic (exact) mass is 580 g/mol. The van der Waals surface area contributed by atoms with Gasteiger partial charge in [0.2, 0.25) is 0 Å². The summed E-state index contributed by atoms with van der Waals surface area (Å²) in [5, 5.41) is 1.72. The normalized spacial score (nSPS) is 13.8. The van der Waals surface area contributed by atoms with E-state index in [4.69, 9.17) is 51.1 Å². The molecule has 12 heteroatoms. The van der Waals surface area contributed by atoms with Crippen molar-refractivity contribution in [2.75, 3.05) is 11.9 Å². The van der Waals surface area contributed by atoms with Gasteiger partial charge in [-0.25, -0.2) is 4.79 Å². The Morgan fingerprint density at radius 1 is 1.03 bits per heavy atom. The van der Waals surface area contributed by atoms with E-state index in [1.165, 1.54) is 6.92 Å². The Morgan fingerprint density at radius 3 is 2.06 bits per heavy atom. The molecule has 1 atom stereocenters. The van der Waals surface area contributed by atoms with Crippen molar-refractivity contribution < 1.29 is 23.9 Å². The van der Waals surface area contributed by atoms with Crippen molar-refractivity contribution in [3.05, 3.63) is 59.5 Å². The Labute approximate surface area is 211 Å². The molecule has 0 unspecified atom stereocenters. The minimum absolute atomic E-state index is 0.185. The predicted molar refractivity (Wildman–Crippen MR) is 125 cm³/mol. The maximum absolute atomic E-state index is 12.8. The molecule has 0 saturated carbocycles. The highest BCUT2D eigenvalue weighted by atomic mass is 79.9. The third-order valence-electron chi connectivity index (χ3n) is 4.65. The lowest BCUT2D eigenvalue weighted by Crippen LogP contribution is -2.44. The molecule has 7 nitrogen and oxygen atoms in total. The topological polar surface area (TPSA) is 92.8 Å². The average Bonchev–Trinajstić information content (AvgIpc) is 3.01. The fourth-order valence-electron chi connectivity index (χ4n) is 3.00. The first kappa shape index (κ1) is 24.8. The molecular formula is C20H13BrCl4N2O5. The second kappa shape index (κ2) is 9.57. The van der Waals surface area contributed by atoms with Gasteiger partial charge in [0.25, 0.3) is 17.7 Å². The van der Waals surface area contributed by atoms with Crippen molar-refractivity contribution in [1.82, 2.24) is 4.90 Å². The Kier molecular flexibility index (Phi) is 7.41. The average molecular weight is 583 g/mol. The van der Waals surface area contributed by atoms with Gasteiger partial charge in [-0.3, -0.25) is 19.3 Å². The van der Waals surface area contributed by atoms with Gasteiger partial charge < -0.3 is 10.1 Å². The van der Waals surface area contributed by atoms with E-state index < -0.39 is 36.3 Å². The van der Waals surface area contributed by atoms with E-state index in [9.17, 15) is 19.2 Å². The number of aryl methyl sites for hydroxylation is 1. The van der Waals surface area contributed by atoms with Crippen LogP contribution in [0.25, 0.3) is 0 Å². The Hall–Kier alpha value is -1.84. The summed E-state index contributed by atoms with van der Waals surface area (Å²) in [5.41, 5.74) is 0.910. The van der Waals surface area contributed by atoms with Gasteiger partial charge in [-0.15, -0.1) is 0 Å². The summed E-state index contributed by atoms with van der Waals surface area (Å²) in [6, 6.07) is 3.79. The van der Waals surface area contributed by atoms with E-state index in [1.807, 2.05) is 6.92 Å². The van der Waals surface area contributed by atoms with Crippen LogP contribution in [0.3, 0.4) is 0 Å². The van der Waals surface area contributed by atoms with Gasteiger partial charge in [-0.05, 0) is 37.6 Å². The lowest BCUT2D eigenvalue weighted by atomic mass is 10.1. The molecule has 1 heterocycles. The molecule has 0 aliphatic carbocycles. The third kappa shape index (κ3) is 4.47. The van der Waals surface area contributed by atoms with Crippen LogP contribution in [0.5, 0.6) is 0 Å². The van der Waals surface area contributed by atoms with Crippen LogP contribution in [0.4, 0.5) is 5.69 Å². The molecule has 2 aromatic rings. The highest BCUT2D eigenvalue weighted by Crippen LogP contribution is 2.45. The van der Waals surface area contributed by atoms with Gasteiger partial charge in [0.15, 0.2) is 6.61 Å². The van der Waals surface area contributed by atoms with Crippen LogP contribution >= 0.6 is 62.3 Å². The number of carbonyl (C=O) groups is 4. The molecule has 2 aromatic carbocycles. The molecule has 1 aliphatic heterocycles. The molecular weight excluding hydrogens is 570 g/mol. The molecule has 1 N–H and O–H groups in total. The molecule has 0 aromatic heterocycles. The second-order valence-electron chi connectivity index (χ2n) is 6.78.